The number of amides is 1. The molecule has 0 bridgehead atoms. The molecule has 1 aliphatic rings. The minimum absolute atomic E-state index is 0.391. The number of primary amides is 1. The lowest BCUT2D eigenvalue weighted by molar-refractivity contribution is -0.114. The van der Waals surface area contributed by atoms with Crippen LogP contribution in [0.1, 0.15) is 38.2 Å². The Hall–Kier alpha value is -1.89. The summed E-state index contributed by atoms with van der Waals surface area (Å²) >= 11 is 0. The molecule has 0 atom stereocenters. The van der Waals surface area contributed by atoms with Gasteiger partial charge in [-0.15, -0.1) is 0 Å². The van der Waals surface area contributed by atoms with Crippen LogP contribution in [0.4, 0.5) is 5.69 Å². The van der Waals surface area contributed by atoms with E-state index in [0.717, 1.165) is 24.2 Å². The van der Waals surface area contributed by atoms with Crippen molar-refractivity contribution in [1.29, 1.82) is 0 Å². The number of hydrogen-bond donors (Lipinski definition) is 1. The smallest absolute Gasteiger partial charge is 0.244 e. The highest BCUT2D eigenvalue weighted by molar-refractivity contribution is 5.99. The maximum atomic E-state index is 11.9. The van der Waals surface area contributed by atoms with Gasteiger partial charge in [0.25, 0.3) is 0 Å². The molecule has 2 N–H and O–H groups in total. The summed E-state index contributed by atoms with van der Waals surface area (Å²) in [6.45, 7) is 6.75. The van der Waals surface area contributed by atoms with Crippen LogP contribution in [0.5, 0.6) is 0 Å². The SMILES string of the molecule is COCCOCCOCCC(C(N)=O)=C(C)c1ccc(N2CCCCC2)cc1. The van der Waals surface area contributed by atoms with E-state index >= 15 is 0 Å². The third-order valence-corrected chi connectivity index (χ3v) is 5.07. The van der Waals surface area contributed by atoms with Crippen molar-refractivity contribution in [3.63, 3.8) is 0 Å². The lowest BCUT2D eigenvalue weighted by Crippen LogP contribution is -2.29. The zero-order valence-electron chi connectivity index (χ0n) is 17.2. The van der Waals surface area contributed by atoms with Crippen LogP contribution in [0.25, 0.3) is 5.57 Å². The summed E-state index contributed by atoms with van der Waals surface area (Å²) in [5.41, 5.74) is 9.42. The number of nitrogens with two attached hydrogens (primary N) is 1. The Morgan fingerprint density at radius 3 is 2.18 bits per heavy atom. The number of allylic oxidation sites excluding steroid dienone is 1. The third-order valence-electron chi connectivity index (χ3n) is 5.07. The fourth-order valence-corrected chi connectivity index (χ4v) is 3.38. The van der Waals surface area contributed by atoms with Crippen molar-refractivity contribution in [2.45, 2.75) is 32.6 Å². The molecule has 0 saturated carbocycles. The first-order chi connectivity index (χ1) is 13.6. The van der Waals surface area contributed by atoms with Gasteiger partial charge in [0.2, 0.25) is 5.91 Å². The highest BCUT2D eigenvalue weighted by atomic mass is 16.5. The highest BCUT2D eigenvalue weighted by Gasteiger charge is 2.13. The first kappa shape index (κ1) is 22.4. The minimum atomic E-state index is -0.391. The average Bonchev–Trinajstić information content (AvgIpc) is 2.73. The van der Waals surface area contributed by atoms with Crippen LogP contribution >= 0.6 is 0 Å². The van der Waals surface area contributed by atoms with E-state index in [2.05, 4.69) is 29.2 Å². The minimum Gasteiger partial charge on any atom is -0.382 e. The molecule has 0 unspecified atom stereocenters. The number of piperidine rings is 1. The van der Waals surface area contributed by atoms with Crippen LogP contribution in [0, 0.1) is 0 Å². The number of anilines is 1. The molecule has 28 heavy (non-hydrogen) atoms. The van der Waals surface area contributed by atoms with Gasteiger partial charge in [0.15, 0.2) is 0 Å². The van der Waals surface area contributed by atoms with Gasteiger partial charge in [0, 0.05) is 37.9 Å². The molecule has 0 spiro atoms. The third kappa shape index (κ3) is 7.26. The number of methoxy groups -OCH3 is 1. The number of carbonyl (C=O) groups is 1. The molecule has 1 heterocycles. The summed E-state index contributed by atoms with van der Waals surface area (Å²) in [6.07, 6.45) is 4.32. The first-order valence-corrected chi connectivity index (χ1v) is 10.1. The second kappa shape index (κ2) is 12.5. The standard InChI is InChI=1S/C22H34N2O4/c1-18(19-6-8-20(9-7-19)24-11-4-3-5-12-24)21(22(23)25)10-13-27-16-17-28-15-14-26-2/h6-9H,3-5,10-17H2,1-2H3,(H2,23,25). The molecule has 1 aromatic rings. The Morgan fingerprint density at radius 2 is 1.57 bits per heavy atom. The predicted molar refractivity (Wildman–Crippen MR) is 112 cm³/mol. The highest BCUT2D eigenvalue weighted by Crippen LogP contribution is 2.25. The average molecular weight is 391 g/mol. The molecule has 1 aromatic carbocycles. The fourth-order valence-electron chi connectivity index (χ4n) is 3.38. The van der Waals surface area contributed by atoms with Gasteiger partial charge in [-0.25, -0.2) is 0 Å². The zero-order chi connectivity index (χ0) is 20.2. The molecule has 2 rings (SSSR count). The van der Waals surface area contributed by atoms with Crippen LogP contribution in [0.15, 0.2) is 29.8 Å². The van der Waals surface area contributed by atoms with E-state index in [1.54, 1.807) is 7.11 Å². The second-order valence-corrected chi connectivity index (χ2v) is 7.03. The van der Waals surface area contributed by atoms with E-state index in [9.17, 15) is 4.79 Å². The number of ether oxygens (including phenoxy) is 3. The van der Waals surface area contributed by atoms with Crippen molar-refractivity contribution in [2.75, 3.05) is 58.1 Å². The van der Waals surface area contributed by atoms with E-state index in [0.29, 0.717) is 45.0 Å². The Morgan fingerprint density at radius 1 is 0.964 bits per heavy atom. The zero-order valence-corrected chi connectivity index (χ0v) is 17.2. The van der Waals surface area contributed by atoms with E-state index in [1.807, 2.05) is 6.92 Å². The summed E-state index contributed by atoms with van der Waals surface area (Å²) in [5.74, 6) is -0.391. The normalized spacial score (nSPS) is 15.4. The summed E-state index contributed by atoms with van der Waals surface area (Å²) in [5, 5.41) is 0. The summed E-state index contributed by atoms with van der Waals surface area (Å²) in [4.78, 5) is 14.3. The van der Waals surface area contributed by atoms with Gasteiger partial charge >= 0.3 is 0 Å². The maximum absolute atomic E-state index is 11.9. The number of benzene rings is 1. The van der Waals surface area contributed by atoms with Gasteiger partial charge < -0.3 is 24.8 Å². The molecule has 156 valence electrons. The Bertz CT molecular complexity index is 622. The molecule has 6 nitrogen and oxygen atoms in total. The van der Waals surface area contributed by atoms with Gasteiger partial charge in [0.05, 0.1) is 33.0 Å². The van der Waals surface area contributed by atoms with Crippen molar-refractivity contribution >= 4 is 17.2 Å². The molecule has 1 saturated heterocycles. The first-order valence-electron chi connectivity index (χ1n) is 10.1. The molecule has 6 heteroatoms. The summed E-state index contributed by atoms with van der Waals surface area (Å²) < 4.78 is 15.8. The van der Waals surface area contributed by atoms with Crippen molar-refractivity contribution in [2.24, 2.45) is 5.73 Å². The van der Waals surface area contributed by atoms with Gasteiger partial charge in [0.1, 0.15) is 0 Å². The van der Waals surface area contributed by atoms with Crippen LogP contribution in [-0.4, -0.2) is 59.1 Å². The van der Waals surface area contributed by atoms with Crippen LogP contribution < -0.4 is 10.6 Å². The lowest BCUT2D eigenvalue weighted by atomic mass is 9.98. The molecule has 0 aromatic heterocycles. The molecule has 1 aliphatic heterocycles. The number of nitrogens with zero attached hydrogens (tertiary/aromatic N) is 1. The van der Waals surface area contributed by atoms with Crippen LogP contribution in [-0.2, 0) is 19.0 Å². The van der Waals surface area contributed by atoms with E-state index in [1.165, 1.54) is 24.9 Å². The summed E-state index contributed by atoms with van der Waals surface area (Å²) in [7, 11) is 1.64. The molecule has 1 fully saturated rings. The van der Waals surface area contributed by atoms with E-state index in [-0.39, 0.29) is 0 Å². The lowest BCUT2D eigenvalue weighted by Gasteiger charge is -2.29. The van der Waals surface area contributed by atoms with Gasteiger partial charge in [-0.1, -0.05) is 12.1 Å². The molecular weight excluding hydrogens is 356 g/mol. The summed E-state index contributed by atoms with van der Waals surface area (Å²) in [6, 6.07) is 8.42. The Balaban J connectivity index is 1.88. The Labute approximate surface area is 168 Å². The van der Waals surface area contributed by atoms with Crippen molar-refractivity contribution < 1.29 is 19.0 Å². The van der Waals surface area contributed by atoms with Gasteiger partial charge in [-0.05, 0) is 49.5 Å². The largest absolute Gasteiger partial charge is 0.382 e. The van der Waals surface area contributed by atoms with E-state index in [4.69, 9.17) is 19.9 Å². The molecule has 0 radical (unpaired) electrons. The van der Waals surface area contributed by atoms with E-state index < -0.39 is 5.91 Å². The monoisotopic (exact) mass is 390 g/mol. The van der Waals surface area contributed by atoms with Crippen LogP contribution in [0.2, 0.25) is 0 Å². The van der Waals surface area contributed by atoms with Gasteiger partial charge in [-0.2, -0.15) is 0 Å². The Kier molecular flexibility index (Phi) is 10.0. The van der Waals surface area contributed by atoms with Crippen molar-refractivity contribution in [3.8, 4) is 0 Å². The molecule has 0 aliphatic carbocycles. The molecule has 1 amide bonds. The van der Waals surface area contributed by atoms with Crippen molar-refractivity contribution in [3.05, 3.63) is 35.4 Å². The van der Waals surface area contributed by atoms with Crippen molar-refractivity contribution in [1.82, 2.24) is 0 Å². The number of rotatable bonds is 12. The van der Waals surface area contributed by atoms with Gasteiger partial charge in [-0.3, -0.25) is 4.79 Å². The number of hydrogen-bond acceptors (Lipinski definition) is 5. The van der Waals surface area contributed by atoms with Crippen LogP contribution in [0.3, 0.4) is 0 Å². The topological polar surface area (TPSA) is 74.0 Å². The second-order valence-electron chi connectivity index (χ2n) is 7.03. The fraction of sp³-hybridized carbons (Fsp3) is 0.591. The maximum Gasteiger partial charge on any atom is 0.244 e. The molecular formula is C22H34N2O4. The predicted octanol–water partition coefficient (Wildman–Crippen LogP) is 3.01. The number of carbonyl (C=O) groups excluding carboxylic acids is 1. The quantitative estimate of drug-likeness (QED) is 0.439.